The van der Waals surface area contributed by atoms with E-state index >= 15 is 0 Å². The van der Waals surface area contributed by atoms with Crippen molar-refractivity contribution in [1.82, 2.24) is 9.97 Å². The average Bonchev–Trinajstić information content (AvgIpc) is 2.18. The van der Waals surface area contributed by atoms with Crippen molar-refractivity contribution in [3.8, 4) is 0 Å². The number of hydrogen-bond acceptors (Lipinski definition) is 4. The molecule has 0 unspecified atom stereocenters. The highest BCUT2D eigenvalue weighted by Gasteiger charge is 2.17. The number of nitrogen functional groups attached to an aromatic ring is 1. The minimum absolute atomic E-state index is 0.381. The second-order valence-corrected chi connectivity index (χ2v) is 3.68. The highest BCUT2D eigenvalue weighted by Crippen LogP contribution is 2.25. The number of hydrogen-bond donors (Lipinski definition) is 1. The zero-order valence-corrected chi connectivity index (χ0v) is 8.36. The highest BCUT2D eigenvalue weighted by atomic mass is 16.5. The van der Waals surface area contributed by atoms with E-state index in [2.05, 4.69) is 9.97 Å². The highest BCUT2D eigenvalue weighted by molar-refractivity contribution is 5.24. The van der Waals surface area contributed by atoms with Gasteiger partial charge in [0.2, 0.25) is 5.95 Å². The molecule has 2 heterocycles. The van der Waals surface area contributed by atoms with Crippen LogP contribution in [0.5, 0.6) is 0 Å². The molecule has 0 amide bonds. The number of nitrogens with two attached hydrogens (primary N) is 1. The Morgan fingerprint density at radius 1 is 1.36 bits per heavy atom. The van der Waals surface area contributed by atoms with Gasteiger partial charge in [0.15, 0.2) is 0 Å². The summed E-state index contributed by atoms with van der Waals surface area (Å²) in [5, 5.41) is 0. The third-order valence-corrected chi connectivity index (χ3v) is 2.53. The Morgan fingerprint density at radius 2 is 2.07 bits per heavy atom. The smallest absolute Gasteiger partial charge is 0.220 e. The molecule has 1 aromatic heterocycles. The molecule has 1 aromatic rings. The monoisotopic (exact) mass is 193 g/mol. The van der Waals surface area contributed by atoms with Gasteiger partial charge in [0.25, 0.3) is 0 Å². The molecule has 1 aliphatic heterocycles. The number of aromatic nitrogens is 2. The van der Waals surface area contributed by atoms with Crippen LogP contribution < -0.4 is 5.73 Å². The molecule has 0 aliphatic carbocycles. The van der Waals surface area contributed by atoms with Gasteiger partial charge in [-0.05, 0) is 25.8 Å². The van der Waals surface area contributed by atoms with E-state index in [1.165, 1.54) is 0 Å². The second-order valence-electron chi connectivity index (χ2n) is 3.68. The van der Waals surface area contributed by atoms with E-state index in [1.54, 1.807) is 0 Å². The quantitative estimate of drug-likeness (QED) is 0.729. The van der Waals surface area contributed by atoms with Gasteiger partial charge in [0.1, 0.15) is 0 Å². The Hall–Kier alpha value is -1.16. The molecule has 0 bridgehead atoms. The summed E-state index contributed by atoms with van der Waals surface area (Å²) in [6, 6.07) is 2.02. The van der Waals surface area contributed by atoms with Gasteiger partial charge in [-0.3, -0.25) is 0 Å². The first-order chi connectivity index (χ1) is 6.75. The van der Waals surface area contributed by atoms with Crippen LogP contribution in [0.4, 0.5) is 5.95 Å². The SMILES string of the molecule is Cc1cc(C2CCOCC2)nc(N)n1. The Kier molecular flexibility index (Phi) is 2.63. The van der Waals surface area contributed by atoms with Crippen LogP contribution in [0.15, 0.2) is 6.07 Å². The third-order valence-electron chi connectivity index (χ3n) is 2.53. The molecule has 0 radical (unpaired) electrons. The van der Waals surface area contributed by atoms with Crippen LogP contribution in [0.25, 0.3) is 0 Å². The van der Waals surface area contributed by atoms with Crippen molar-refractivity contribution in [3.63, 3.8) is 0 Å². The Labute approximate surface area is 83.5 Å². The number of rotatable bonds is 1. The molecular weight excluding hydrogens is 178 g/mol. The Morgan fingerprint density at radius 3 is 2.71 bits per heavy atom. The predicted octanol–water partition coefficient (Wildman–Crippen LogP) is 1.26. The topological polar surface area (TPSA) is 61.0 Å². The molecule has 14 heavy (non-hydrogen) atoms. The zero-order valence-electron chi connectivity index (χ0n) is 8.36. The van der Waals surface area contributed by atoms with Gasteiger partial charge in [0.05, 0.1) is 0 Å². The minimum atomic E-state index is 0.381. The molecule has 4 nitrogen and oxygen atoms in total. The van der Waals surface area contributed by atoms with E-state index in [1.807, 2.05) is 13.0 Å². The van der Waals surface area contributed by atoms with E-state index in [0.717, 1.165) is 37.4 Å². The molecule has 76 valence electrons. The lowest BCUT2D eigenvalue weighted by molar-refractivity contribution is 0.0845. The summed E-state index contributed by atoms with van der Waals surface area (Å²) in [6.07, 6.45) is 2.08. The maximum absolute atomic E-state index is 5.61. The fourth-order valence-electron chi connectivity index (χ4n) is 1.82. The molecular formula is C10H15N3O. The normalized spacial score (nSPS) is 18.4. The molecule has 1 saturated heterocycles. The van der Waals surface area contributed by atoms with Gasteiger partial charge >= 0.3 is 0 Å². The van der Waals surface area contributed by atoms with Gasteiger partial charge in [-0.1, -0.05) is 0 Å². The van der Waals surface area contributed by atoms with Gasteiger partial charge in [-0.25, -0.2) is 9.97 Å². The van der Waals surface area contributed by atoms with Crippen molar-refractivity contribution in [2.45, 2.75) is 25.7 Å². The third kappa shape index (κ3) is 2.01. The molecule has 0 aromatic carbocycles. The van der Waals surface area contributed by atoms with Crippen molar-refractivity contribution in [2.24, 2.45) is 0 Å². The molecule has 2 N–H and O–H groups in total. The fraction of sp³-hybridized carbons (Fsp3) is 0.600. The predicted molar refractivity (Wildman–Crippen MR) is 54.0 cm³/mol. The summed E-state index contributed by atoms with van der Waals surface area (Å²) in [5.74, 6) is 0.874. The van der Waals surface area contributed by atoms with Gasteiger partial charge in [-0.2, -0.15) is 0 Å². The standard InChI is InChI=1S/C10H15N3O/c1-7-6-9(13-10(11)12-7)8-2-4-14-5-3-8/h6,8H,2-5H2,1H3,(H2,11,12,13). The minimum Gasteiger partial charge on any atom is -0.381 e. The van der Waals surface area contributed by atoms with Gasteiger partial charge in [0, 0.05) is 30.5 Å². The Bertz CT molecular complexity index is 301. The lowest BCUT2D eigenvalue weighted by Crippen LogP contribution is -2.16. The van der Waals surface area contributed by atoms with Crippen molar-refractivity contribution in [1.29, 1.82) is 0 Å². The van der Waals surface area contributed by atoms with Crippen LogP contribution in [0.3, 0.4) is 0 Å². The van der Waals surface area contributed by atoms with Crippen LogP contribution in [-0.2, 0) is 4.74 Å². The number of aryl methyl sites for hydroxylation is 1. The number of nitrogens with zero attached hydrogens (tertiary/aromatic N) is 2. The molecule has 0 saturated carbocycles. The van der Waals surface area contributed by atoms with E-state index < -0.39 is 0 Å². The van der Waals surface area contributed by atoms with E-state index in [-0.39, 0.29) is 0 Å². The molecule has 4 heteroatoms. The van der Waals surface area contributed by atoms with Crippen LogP contribution in [0.2, 0.25) is 0 Å². The summed E-state index contributed by atoms with van der Waals surface area (Å²) in [5.41, 5.74) is 7.62. The van der Waals surface area contributed by atoms with Crippen molar-refractivity contribution in [2.75, 3.05) is 18.9 Å². The lowest BCUT2D eigenvalue weighted by Gasteiger charge is -2.21. The zero-order chi connectivity index (χ0) is 9.97. The summed E-state index contributed by atoms with van der Waals surface area (Å²) in [6.45, 7) is 3.60. The first-order valence-electron chi connectivity index (χ1n) is 4.94. The molecule has 2 rings (SSSR count). The first kappa shape index (κ1) is 9.40. The molecule has 0 spiro atoms. The molecule has 1 fully saturated rings. The second kappa shape index (κ2) is 3.92. The maximum atomic E-state index is 5.61. The Balaban J connectivity index is 2.21. The number of anilines is 1. The maximum Gasteiger partial charge on any atom is 0.220 e. The van der Waals surface area contributed by atoms with Crippen LogP contribution in [-0.4, -0.2) is 23.2 Å². The van der Waals surface area contributed by atoms with Crippen LogP contribution >= 0.6 is 0 Å². The van der Waals surface area contributed by atoms with Crippen LogP contribution in [0, 0.1) is 6.92 Å². The summed E-state index contributed by atoms with van der Waals surface area (Å²) in [7, 11) is 0. The summed E-state index contributed by atoms with van der Waals surface area (Å²) in [4.78, 5) is 8.33. The largest absolute Gasteiger partial charge is 0.381 e. The molecule has 0 atom stereocenters. The van der Waals surface area contributed by atoms with E-state index in [4.69, 9.17) is 10.5 Å². The average molecular weight is 193 g/mol. The van der Waals surface area contributed by atoms with Crippen molar-refractivity contribution >= 4 is 5.95 Å². The van der Waals surface area contributed by atoms with Gasteiger partial charge in [-0.15, -0.1) is 0 Å². The van der Waals surface area contributed by atoms with Crippen molar-refractivity contribution in [3.05, 3.63) is 17.5 Å². The molecule has 1 aliphatic rings. The fourth-order valence-corrected chi connectivity index (χ4v) is 1.82. The lowest BCUT2D eigenvalue weighted by atomic mass is 9.96. The van der Waals surface area contributed by atoms with E-state index in [0.29, 0.717) is 11.9 Å². The first-order valence-corrected chi connectivity index (χ1v) is 4.94. The summed E-state index contributed by atoms with van der Waals surface area (Å²) < 4.78 is 5.31. The van der Waals surface area contributed by atoms with Crippen LogP contribution in [0.1, 0.15) is 30.1 Å². The van der Waals surface area contributed by atoms with E-state index in [9.17, 15) is 0 Å². The summed E-state index contributed by atoms with van der Waals surface area (Å²) >= 11 is 0. The van der Waals surface area contributed by atoms with Gasteiger partial charge < -0.3 is 10.5 Å². The van der Waals surface area contributed by atoms with Crippen molar-refractivity contribution < 1.29 is 4.74 Å². The number of ether oxygens (including phenoxy) is 1.